The fourth-order valence-corrected chi connectivity index (χ4v) is 1.48. The van der Waals surface area contributed by atoms with Crippen LogP contribution in [0.1, 0.15) is 19.4 Å². The highest BCUT2D eigenvalue weighted by Gasteiger charge is 2.34. The van der Waals surface area contributed by atoms with Crippen LogP contribution in [0.25, 0.3) is 0 Å². The van der Waals surface area contributed by atoms with E-state index in [0.717, 1.165) is 6.42 Å². The highest BCUT2D eigenvalue weighted by Crippen LogP contribution is 2.41. The highest BCUT2D eigenvalue weighted by atomic mass is 35.5. The van der Waals surface area contributed by atoms with Crippen LogP contribution in [0.4, 0.5) is 5.69 Å². The smallest absolute Gasteiger partial charge is 0.273 e. The first-order valence-corrected chi connectivity index (χ1v) is 4.17. The molecule has 1 aliphatic carbocycles. The van der Waals surface area contributed by atoms with Gasteiger partial charge < -0.3 is 10.3 Å². The minimum atomic E-state index is -0.0492. The summed E-state index contributed by atoms with van der Waals surface area (Å²) in [4.78, 5) is 11.4. The number of hydrogen-bond acceptors (Lipinski definition) is 2. The molecular weight excluding hydrogens is 188 g/mol. The molecule has 1 aromatic heterocycles. The van der Waals surface area contributed by atoms with Crippen LogP contribution in [-0.4, -0.2) is 4.57 Å². The quantitative estimate of drug-likeness (QED) is 0.746. The maximum Gasteiger partial charge on any atom is 0.273 e. The van der Waals surface area contributed by atoms with Crippen LogP contribution in [0.2, 0.25) is 0 Å². The number of anilines is 1. The van der Waals surface area contributed by atoms with E-state index >= 15 is 0 Å². The monoisotopic (exact) mass is 200 g/mol. The zero-order valence-corrected chi connectivity index (χ0v) is 8.25. The molecule has 0 unspecified atom stereocenters. The van der Waals surface area contributed by atoms with E-state index in [9.17, 15) is 4.79 Å². The van der Waals surface area contributed by atoms with Gasteiger partial charge in [-0.25, -0.2) is 0 Å². The summed E-state index contributed by atoms with van der Waals surface area (Å²) in [6.07, 6.45) is 2.91. The molecule has 0 aromatic carbocycles. The summed E-state index contributed by atoms with van der Waals surface area (Å²) in [5, 5.41) is 0. The Balaban J connectivity index is 0.000000845. The van der Waals surface area contributed by atoms with Crippen LogP contribution >= 0.6 is 12.4 Å². The summed E-state index contributed by atoms with van der Waals surface area (Å²) in [6, 6.07) is 3.86. The molecule has 2 atom stereocenters. The predicted molar refractivity (Wildman–Crippen MR) is 55.2 cm³/mol. The molecule has 2 rings (SSSR count). The molecule has 0 aliphatic heterocycles. The third-order valence-corrected chi connectivity index (χ3v) is 2.43. The molecule has 1 aliphatic rings. The van der Waals surface area contributed by atoms with E-state index < -0.39 is 0 Å². The molecule has 1 saturated carbocycles. The second-order valence-corrected chi connectivity index (χ2v) is 3.46. The lowest BCUT2D eigenvalue weighted by Gasteiger charge is -2.03. The van der Waals surface area contributed by atoms with Gasteiger partial charge in [0.15, 0.2) is 0 Å². The molecule has 2 N–H and O–H groups in total. The van der Waals surface area contributed by atoms with Crippen molar-refractivity contribution in [3.8, 4) is 0 Å². The average Bonchev–Trinajstić information content (AvgIpc) is 2.73. The Bertz CT molecular complexity index is 361. The van der Waals surface area contributed by atoms with Gasteiger partial charge in [0.2, 0.25) is 0 Å². The van der Waals surface area contributed by atoms with Gasteiger partial charge >= 0.3 is 0 Å². The standard InChI is InChI=1S/C9H12N2O.ClH/c1-6-5-8(6)11-4-2-3-7(10)9(11)12;/h2-4,6,8H,5,10H2,1H3;1H/t6-,8+;/m0./s1. The number of nitrogens with two attached hydrogens (primary N) is 1. The molecule has 0 bridgehead atoms. The van der Waals surface area contributed by atoms with Gasteiger partial charge in [-0.1, -0.05) is 6.92 Å². The number of nitrogen functional groups attached to an aromatic ring is 1. The Morgan fingerprint density at radius 2 is 2.23 bits per heavy atom. The van der Waals surface area contributed by atoms with Crippen molar-refractivity contribution in [3.63, 3.8) is 0 Å². The van der Waals surface area contributed by atoms with Crippen molar-refractivity contribution in [2.24, 2.45) is 5.92 Å². The van der Waals surface area contributed by atoms with E-state index in [1.807, 2.05) is 12.3 Å². The predicted octanol–water partition coefficient (Wildman–Crippen LogP) is 1.43. The summed E-state index contributed by atoms with van der Waals surface area (Å²) in [7, 11) is 0. The third-order valence-electron chi connectivity index (χ3n) is 2.43. The van der Waals surface area contributed by atoms with E-state index in [-0.39, 0.29) is 18.0 Å². The Labute approximate surface area is 83.0 Å². The summed E-state index contributed by atoms with van der Waals surface area (Å²) < 4.78 is 1.74. The maximum absolute atomic E-state index is 11.4. The molecule has 3 nitrogen and oxygen atoms in total. The third kappa shape index (κ3) is 1.70. The normalized spacial score (nSPS) is 25.0. The Kier molecular flexibility index (Phi) is 2.66. The van der Waals surface area contributed by atoms with Crippen molar-refractivity contribution in [3.05, 3.63) is 28.7 Å². The van der Waals surface area contributed by atoms with Crippen molar-refractivity contribution in [2.75, 3.05) is 5.73 Å². The lowest BCUT2D eigenvalue weighted by molar-refractivity contribution is 0.661. The molecule has 0 radical (unpaired) electrons. The second kappa shape index (κ2) is 3.42. The molecule has 72 valence electrons. The van der Waals surface area contributed by atoms with Crippen LogP contribution in [0, 0.1) is 5.92 Å². The van der Waals surface area contributed by atoms with Crippen LogP contribution in [-0.2, 0) is 0 Å². The summed E-state index contributed by atoms with van der Waals surface area (Å²) in [5.74, 6) is 0.629. The van der Waals surface area contributed by atoms with Crippen LogP contribution in [0.3, 0.4) is 0 Å². The zero-order valence-electron chi connectivity index (χ0n) is 7.43. The van der Waals surface area contributed by atoms with E-state index in [4.69, 9.17) is 5.73 Å². The molecule has 13 heavy (non-hydrogen) atoms. The first kappa shape index (κ1) is 10.1. The Hall–Kier alpha value is -0.960. The van der Waals surface area contributed by atoms with E-state index in [2.05, 4.69) is 6.92 Å². The number of aromatic nitrogens is 1. The van der Waals surface area contributed by atoms with Gasteiger partial charge in [-0.05, 0) is 24.5 Å². The van der Waals surface area contributed by atoms with Crippen molar-refractivity contribution in [2.45, 2.75) is 19.4 Å². The van der Waals surface area contributed by atoms with E-state index in [1.54, 1.807) is 10.6 Å². The van der Waals surface area contributed by atoms with Crippen LogP contribution < -0.4 is 11.3 Å². The van der Waals surface area contributed by atoms with Crippen molar-refractivity contribution in [1.82, 2.24) is 4.57 Å². The van der Waals surface area contributed by atoms with E-state index in [0.29, 0.717) is 17.6 Å². The molecule has 1 fully saturated rings. The van der Waals surface area contributed by atoms with Gasteiger partial charge in [-0.15, -0.1) is 12.4 Å². The number of rotatable bonds is 1. The van der Waals surface area contributed by atoms with Crippen molar-refractivity contribution >= 4 is 18.1 Å². The van der Waals surface area contributed by atoms with Crippen LogP contribution in [0.15, 0.2) is 23.1 Å². The lowest BCUT2D eigenvalue weighted by Crippen LogP contribution is -2.21. The molecular formula is C9H13ClN2O. The fourth-order valence-electron chi connectivity index (χ4n) is 1.48. The molecule has 0 saturated heterocycles. The number of pyridine rings is 1. The number of hydrogen-bond donors (Lipinski definition) is 1. The topological polar surface area (TPSA) is 48.0 Å². The minimum Gasteiger partial charge on any atom is -0.394 e. The lowest BCUT2D eigenvalue weighted by atomic mass is 10.4. The minimum absolute atomic E-state index is 0. The Morgan fingerprint density at radius 1 is 1.62 bits per heavy atom. The molecule has 0 amide bonds. The largest absolute Gasteiger partial charge is 0.394 e. The number of halogens is 1. The summed E-state index contributed by atoms with van der Waals surface area (Å²) in [6.45, 7) is 2.14. The van der Waals surface area contributed by atoms with Crippen molar-refractivity contribution < 1.29 is 0 Å². The molecule has 1 heterocycles. The van der Waals surface area contributed by atoms with Gasteiger partial charge in [0.1, 0.15) is 0 Å². The first-order valence-electron chi connectivity index (χ1n) is 4.17. The first-order chi connectivity index (χ1) is 5.70. The Morgan fingerprint density at radius 3 is 2.77 bits per heavy atom. The molecule has 4 heteroatoms. The second-order valence-electron chi connectivity index (χ2n) is 3.46. The summed E-state index contributed by atoms with van der Waals surface area (Å²) in [5.41, 5.74) is 5.79. The molecule has 0 spiro atoms. The summed E-state index contributed by atoms with van der Waals surface area (Å²) >= 11 is 0. The van der Waals surface area contributed by atoms with Gasteiger partial charge in [0.25, 0.3) is 5.56 Å². The van der Waals surface area contributed by atoms with Crippen LogP contribution in [0.5, 0.6) is 0 Å². The van der Waals surface area contributed by atoms with Gasteiger partial charge in [-0.2, -0.15) is 0 Å². The molecule has 1 aromatic rings. The zero-order chi connectivity index (χ0) is 8.72. The number of nitrogens with zero attached hydrogens (tertiary/aromatic N) is 1. The van der Waals surface area contributed by atoms with E-state index in [1.165, 1.54) is 0 Å². The average molecular weight is 201 g/mol. The maximum atomic E-state index is 11.4. The fraction of sp³-hybridized carbons (Fsp3) is 0.444. The van der Waals surface area contributed by atoms with Gasteiger partial charge in [0, 0.05) is 12.2 Å². The van der Waals surface area contributed by atoms with Crippen molar-refractivity contribution in [1.29, 1.82) is 0 Å². The van der Waals surface area contributed by atoms with Gasteiger partial charge in [-0.3, -0.25) is 4.79 Å². The highest BCUT2D eigenvalue weighted by molar-refractivity contribution is 5.85. The SMILES string of the molecule is C[C@H]1C[C@H]1n1cccc(N)c1=O.Cl. The van der Waals surface area contributed by atoms with Gasteiger partial charge in [0.05, 0.1) is 5.69 Å².